The molecule has 1 rings (SSSR count). The Balaban J connectivity index is 2.17. The number of hydrogen-bond donors (Lipinski definition) is 2. The van der Waals surface area contributed by atoms with Gasteiger partial charge in [-0.1, -0.05) is 0 Å². The lowest BCUT2D eigenvalue weighted by molar-refractivity contribution is -0.122. The van der Waals surface area contributed by atoms with Crippen molar-refractivity contribution in [2.75, 3.05) is 26.7 Å². The maximum absolute atomic E-state index is 11.3. The van der Waals surface area contributed by atoms with Gasteiger partial charge in [0.25, 0.3) is 0 Å². The predicted molar refractivity (Wildman–Crippen MR) is 54.9 cm³/mol. The van der Waals surface area contributed by atoms with E-state index in [0.29, 0.717) is 19.1 Å². The first kappa shape index (κ1) is 11.5. The lowest BCUT2D eigenvalue weighted by atomic mass is 10.2. The second-order valence-electron chi connectivity index (χ2n) is 4.07. The van der Waals surface area contributed by atoms with Crippen LogP contribution in [0.2, 0.25) is 0 Å². The molecule has 0 radical (unpaired) electrons. The molecule has 0 aliphatic heterocycles. The molecule has 4 heteroatoms. The third kappa shape index (κ3) is 3.64. The lowest BCUT2D eigenvalue weighted by Crippen LogP contribution is -2.41. The largest absolute Gasteiger partial charge is 0.395 e. The van der Waals surface area contributed by atoms with Gasteiger partial charge in [0.15, 0.2) is 0 Å². The van der Waals surface area contributed by atoms with Crippen molar-refractivity contribution in [3.63, 3.8) is 0 Å². The zero-order valence-corrected chi connectivity index (χ0v) is 8.99. The number of carbonyl (C=O) groups is 1. The Morgan fingerprint density at radius 2 is 2.29 bits per heavy atom. The summed E-state index contributed by atoms with van der Waals surface area (Å²) in [5.74, 6) is 0.777. The minimum atomic E-state index is -0.00551. The number of aliphatic hydroxyl groups excluding tert-OH is 1. The minimum absolute atomic E-state index is 0.00551. The van der Waals surface area contributed by atoms with E-state index >= 15 is 0 Å². The third-order valence-corrected chi connectivity index (χ3v) is 2.83. The van der Waals surface area contributed by atoms with Gasteiger partial charge in [-0.15, -0.1) is 0 Å². The van der Waals surface area contributed by atoms with E-state index in [1.165, 1.54) is 12.8 Å². The molecular formula is C10H20N2O2. The van der Waals surface area contributed by atoms with Crippen LogP contribution < -0.4 is 5.32 Å². The van der Waals surface area contributed by atoms with E-state index in [9.17, 15) is 4.79 Å². The number of amides is 1. The Morgan fingerprint density at radius 1 is 1.64 bits per heavy atom. The van der Waals surface area contributed by atoms with Crippen molar-refractivity contribution < 1.29 is 9.90 Å². The van der Waals surface area contributed by atoms with E-state index in [4.69, 9.17) is 5.11 Å². The molecule has 2 N–H and O–H groups in total. The van der Waals surface area contributed by atoms with Crippen LogP contribution in [-0.2, 0) is 4.79 Å². The van der Waals surface area contributed by atoms with Crippen LogP contribution in [0, 0.1) is 5.92 Å². The first-order chi connectivity index (χ1) is 6.65. The van der Waals surface area contributed by atoms with E-state index in [2.05, 4.69) is 17.1 Å². The summed E-state index contributed by atoms with van der Waals surface area (Å²) in [6.45, 7) is 2.95. The van der Waals surface area contributed by atoms with Gasteiger partial charge in [-0.25, -0.2) is 0 Å². The van der Waals surface area contributed by atoms with Gasteiger partial charge in [0.1, 0.15) is 0 Å². The summed E-state index contributed by atoms with van der Waals surface area (Å²) in [5, 5.41) is 11.2. The Kier molecular flexibility index (Phi) is 4.35. The summed E-state index contributed by atoms with van der Waals surface area (Å²) >= 11 is 0. The number of likely N-dealkylation sites (N-methyl/N-ethyl adjacent to an activating group) is 1. The molecule has 82 valence electrons. The molecule has 1 aliphatic rings. The number of aliphatic hydroxyl groups is 1. The summed E-state index contributed by atoms with van der Waals surface area (Å²) in [5.41, 5.74) is 0. The highest BCUT2D eigenvalue weighted by molar-refractivity contribution is 5.77. The molecule has 4 nitrogen and oxygen atoms in total. The van der Waals surface area contributed by atoms with Crippen molar-refractivity contribution in [3.8, 4) is 0 Å². The standard InChI is InChI=1S/C10H20N2O2/c1-8(9-3-4-9)12(2)7-10(14)11-5-6-13/h8-9,13H,3-7H2,1-2H3,(H,11,14). The average Bonchev–Trinajstić information content (AvgIpc) is 2.96. The molecule has 0 heterocycles. The summed E-state index contributed by atoms with van der Waals surface area (Å²) in [4.78, 5) is 13.4. The van der Waals surface area contributed by atoms with Gasteiger partial charge in [0.05, 0.1) is 13.2 Å². The fourth-order valence-electron chi connectivity index (χ4n) is 1.56. The smallest absolute Gasteiger partial charge is 0.234 e. The van der Waals surface area contributed by atoms with E-state index < -0.39 is 0 Å². The van der Waals surface area contributed by atoms with Crippen LogP contribution in [0.3, 0.4) is 0 Å². The van der Waals surface area contributed by atoms with E-state index in [1.54, 1.807) is 0 Å². The highest BCUT2D eigenvalue weighted by atomic mass is 16.3. The predicted octanol–water partition coefficient (Wildman–Crippen LogP) is -0.175. The van der Waals surface area contributed by atoms with Gasteiger partial charge in [-0.3, -0.25) is 9.69 Å². The van der Waals surface area contributed by atoms with Gasteiger partial charge >= 0.3 is 0 Å². The Morgan fingerprint density at radius 3 is 2.79 bits per heavy atom. The van der Waals surface area contributed by atoms with Gasteiger partial charge < -0.3 is 10.4 Å². The molecule has 1 aliphatic carbocycles. The Bertz CT molecular complexity index is 193. The fourth-order valence-corrected chi connectivity index (χ4v) is 1.56. The van der Waals surface area contributed by atoms with E-state index in [0.717, 1.165) is 5.92 Å². The second-order valence-corrected chi connectivity index (χ2v) is 4.07. The zero-order valence-electron chi connectivity index (χ0n) is 8.99. The monoisotopic (exact) mass is 200 g/mol. The Labute approximate surface area is 85.3 Å². The summed E-state index contributed by atoms with van der Waals surface area (Å²) in [6, 6.07) is 0.495. The van der Waals surface area contributed by atoms with Crippen molar-refractivity contribution in [1.29, 1.82) is 0 Å². The van der Waals surface area contributed by atoms with Crippen molar-refractivity contribution in [2.45, 2.75) is 25.8 Å². The van der Waals surface area contributed by atoms with Crippen molar-refractivity contribution in [1.82, 2.24) is 10.2 Å². The quantitative estimate of drug-likeness (QED) is 0.625. The topological polar surface area (TPSA) is 52.6 Å². The van der Waals surface area contributed by atoms with Crippen LogP contribution in [0.4, 0.5) is 0 Å². The molecule has 0 saturated heterocycles. The first-order valence-electron chi connectivity index (χ1n) is 5.23. The highest BCUT2D eigenvalue weighted by Gasteiger charge is 2.30. The lowest BCUT2D eigenvalue weighted by Gasteiger charge is -2.23. The van der Waals surface area contributed by atoms with E-state index in [1.807, 2.05) is 7.05 Å². The van der Waals surface area contributed by atoms with Crippen LogP contribution in [0.1, 0.15) is 19.8 Å². The molecule has 14 heavy (non-hydrogen) atoms. The van der Waals surface area contributed by atoms with Gasteiger partial charge in [-0.2, -0.15) is 0 Å². The fraction of sp³-hybridized carbons (Fsp3) is 0.900. The molecule has 0 aromatic heterocycles. The maximum Gasteiger partial charge on any atom is 0.234 e. The van der Waals surface area contributed by atoms with Crippen LogP contribution in [-0.4, -0.2) is 48.7 Å². The van der Waals surface area contributed by atoms with Gasteiger partial charge in [0, 0.05) is 12.6 Å². The maximum atomic E-state index is 11.3. The average molecular weight is 200 g/mol. The number of hydrogen-bond acceptors (Lipinski definition) is 3. The molecule has 1 fully saturated rings. The number of nitrogens with one attached hydrogen (secondary N) is 1. The molecule has 0 aromatic rings. The molecular weight excluding hydrogens is 180 g/mol. The molecule has 1 amide bonds. The van der Waals surface area contributed by atoms with E-state index in [-0.39, 0.29) is 12.5 Å². The normalized spacial score (nSPS) is 18.3. The van der Waals surface area contributed by atoms with Crippen LogP contribution in [0.15, 0.2) is 0 Å². The first-order valence-corrected chi connectivity index (χ1v) is 5.23. The Hall–Kier alpha value is -0.610. The number of rotatable bonds is 6. The molecule has 0 bridgehead atoms. The minimum Gasteiger partial charge on any atom is -0.395 e. The molecule has 0 aromatic carbocycles. The van der Waals surface area contributed by atoms with Crippen LogP contribution >= 0.6 is 0 Å². The number of carbonyl (C=O) groups excluding carboxylic acids is 1. The summed E-state index contributed by atoms with van der Waals surface area (Å²) < 4.78 is 0. The third-order valence-electron chi connectivity index (χ3n) is 2.83. The molecule has 1 atom stereocenters. The second kappa shape index (κ2) is 5.32. The van der Waals surface area contributed by atoms with Gasteiger partial charge in [-0.05, 0) is 32.7 Å². The molecule has 1 unspecified atom stereocenters. The van der Waals surface area contributed by atoms with Crippen LogP contribution in [0.25, 0.3) is 0 Å². The van der Waals surface area contributed by atoms with Crippen LogP contribution in [0.5, 0.6) is 0 Å². The molecule has 0 spiro atoms. The summed E-state index contributed by atoms with van der Waals surface area (Å²) in [7, 11) is 1.97. The van der Waals surface area contributed by atoms with Crippen molar-refractivity contribution >= 4 is 5.91 Å². The SMILES string of the molecule is CC(C1CC1)N(C)CC(=O)NCCO. The highest BCUT2D eigenvalue weighted by Crippen LogP contribution is 2.34. The number of nitrogens with zero attached hydrogens (tertiary/aromatic N) is 1. The summed E-state index contributed by atoms with van der Waals surface area (Å²) in [6.07, 6.45) is 2.59. The zero-order chi connectivity index (χ0) is 10.6. The van der Waals surface area contributed by atoms with Crippen molar-refractivity contribution in [3.05, 3.63) is 0 Å². The van der Waals surface area contributed by atoms with Gasteiger partial charge in [0.2, 0.25) is 5.91 Å². The molecule has 1 saturated carbocycles. The van der Waals surface area contributed by atoms with Crippen molar-refractivity contribution in [2.24, 2.45) is 5.92 Å².